The van der Waals surface area contributed by atoms with Crippen LogP contribution in [0.15, 0.2) is 10.3 Å². The lowest BCUT2D eigenvalue weighted by atomic mass is 9.92. The molecule has 1 amide bonds. The van der Waals surface area contributed by atoms with Gasteiger partial charge in [0.25, 0.3) is 0 Å². The molecule has 1 aromatic heterocycles. The second-order valence-corrected chi connectivity index (χ2v) is 8.34. The number of carbonyl (C=O) groups excluding carboxylic acids is 1. The summed E-state index contributed by atoms with van der Waals surface area (Å²) in [7, 11) is 0. The van der Waals surface area contributed by atoms with Gasteiger partial charge in [0.1, 0.15) is 0 Å². The molecule has 1 aliphatic rings. The Morgan fingerprint density at radius 1 is 1.41 bits per heavy atom. The van der Waals surface area contributed by atoms with Gasteiger partial charge in [-0.1, -0.05) is 26.7 Å². The molecule has 0 radical (unpaired) electrons. The van der Waals surface area contributed by atoms with E-state index in [0.717, 1.165) is 31.4 Å². The van der Waals surface area contributed by atoms with E-state index in [1.165, 1.54) is 9.09 Å². The highest BCUT2D eigenvalue weighted by atomic mass is 32.2. The molecular formula is C16H26N2O2S2. The summed E-state index contributed by atoms with van der Waals surface area (Å²) in [4.78, 5) is 12.6. The van der Waals surface area contributed by atoms with Gasteiger partial charge < -0.3 is 15.7 Å². The molecule has 2 heterocycles. The monoisotopic (exact) mass is 342 g/mol. The molecule has 22 heavy (non-hydrogen) atoms. The minimum Gasteiger partial charge on any atom is -0.389 e. The quantitative estimate of drug-likeness (QED) is 0.673. The van der Waals surface area contributed by atoms with E-state index in [1.807, 2.05) is 0 Å². The largest absolute Gasteiger partial charge is 0.389 e. The summed E-state index contributed by atoms with van der Waals surface area (Å²) in [5.74, 6) is 0.573. The lowest BCUT2D eigenvalue weighted by molar-refractivity contribution is -0.113. The standard InChI is InChI=1S/C16H26N2O2S2/c1-4-6-16(20,7-5-2)10-17-11(3)13-8-12-15(22-13)21-9-14(19)18-12/h8,11,17,20H,4-7,9-10H2,1-3H3,(H,18,19). The molecule has 0 aliphatic carbocycles. The molecule has 3 N–H and O–H groups in total. The molecule has 0 saturated heterocycles. The number of thioether (sulfide) groups is 1. The molecule has 1 atom stereocenters. The molecule has 0 spiro atoms. The first-order valence-electron chi connectivity index (χ1n) is 7.99. The van der Waals surface area contributed by atoms with Crippen LogP contribution in [0.1, 0.15) is 57.4 Å². The Balaban J connectivity index is 1.97. The number of amides is 1. The number of anilines is 1. The Hall–Kier alpha value is -0.560. The van der Waals surface area contributed by atoms with Gasteiger partial charge in [0, 0.05) is 17.5 Å². The third-order valence-electron chi connectivity index (χ3n) is 3.92. The van der Waals surface area contributed by atoms with Crippen molar-refractivity contribution < 1.29 is 9.90 Å². The molecule has 2 rings (SSSR count). The zero-order chi connectivity index (χ0) is 16.2. The van der Waals surface area contributed by atoms with Crippen LogP contribution in [-0.2, 0) is 4.79 Å². The van der Waals surface area contributed by atoms with Gasteiger partial charge >= 0.3 is 0 Å². The van der Waals surface area contributed by atoms with Crippen molar-refractivity contribution in [3.05, 3.63) is 10.9 Å². The Morgan fingerprint density at radius 2 is 2.09 bits per heavy atom. The fourth-order valence-electron chi connectivity index (χ4n) is 2.79. The number of hydrogen-bond donors (Lipinski definition) is 3. The average Bonchev–Trinajstić information content (AvgIpc) is 2.88. The molecule has 0 saturated carbocycles. The van der Waals surface area contributed by atoms with Crippen LogP contribution in [0, 0.1) is 0 Å². The van der Waals surface area contributed by atoms with Gasteiger partial charge in [-0.3, -0.25) is 4.79 Å². The van der Waals surface area contributed by atoms with Gasteiger partial charge in [0.15, 0.2) is 0 Å². The number of nitrogens with one attached hydrogen (secondary N) is 2. The Kier molecular flexibility index (Phi) is 6.32. The maximum absolute atomic E-state index is 11.4. The van der Waals surface area contributed by atoms with Crippen LogP contribution in [-0.4, -0.2) is 28.9 Å². The summed E-state index contributed by atoms with van der Waals surface area (Å²) in [6.07, 6.45) is 3.63. The van der Waals surface area contributed by atoms with Crippen molar-refractivity contribution in [2.45, 2.75) is 62.3 Å². The first-order valence-corrected chi connectivity index (χ1v) is 9.79. The van der Waals surface area contributed by atoms with Crippen molar-refractivity contribution in [2.75, 3.05) is 17.6 Å². The van der Waals surface area contributed by atoms with E-state index in [4.69, 9.17) is 0 Å². The second kappa shape index (κ2) is 7.81. The molecule has 1 unspecified atom stereocenters. The predicted molar refractivity (Wildman–Crippen MR) is 94.9 cm³/mol. The van der Waals surface area contributed by atoms with Crippen molar-refractivity contribution in [1.82, 2.24) is 5.32 Å². The van der Waals surface area contributed by atoms with Crippen molar-refractivity contribution in [2.24, 2.45) is 0 Å². The Bertz CT molecular complexity index is 510. The third-order valence-corrected chi connectivity index (χ3v) is 6.52. The molecule has 1 aliphatic heterocycles. The van der Waals surface area contributed by atoms with Crippen LogP contribution in [0.4, 0.5) is 5.69 Å². The van der Waals surface area contributed by atoms with E-state index in [-0.39, 0.29) is 11.9 Å². The highest BCUT2D eigenvalue weighted by Gasteiger charge is 2.26. The second-order valence-electron chi connectivity index (χ2n) is 6.01. The molecule has 0 aromatic carbocycles. The van der Waals surface area contributed by atoms with Gasteiger partial charge in [0.05, 0.1) is 21.3 Å². The lowest BCUT2D eigenvalue weighted by Gasteiger charge is -2.29. The number of aliphatic hydroxyl groups is 1. The first kappa shape index (κ1) is 17.8. The average molecular weight is 343 g/mol. The Morgan fingerprint density at radius 3 is 2.73 bits per heavy atom. The minimum absolute atomic E-state index is 0.0720. The summed E-state index contributed by atoms with van der Waals surface area (Å²) in [5, 5.41) is 17.1. The Labute approximate surface area is 141 Å². The molecule has 0 bridgehead atoms. The third kappa shape index (κ3) is 4.47. The van der Waals surface area contributed by atoms with Gasteiger partial charge in [-0.15, -0.1) is 23.1 Å². The normalized spacial score (nSPS) is 16.3. The lowest BCUT2D eigenvalue weighted by Crippen LogP contribution is -2.41. The van der Waals surface area contributed by atoms with Gasteiger partial charge in [0.2, 0.25) is 5.91 Å². The number of fused-ring (bicyclic) bond motifs is 1. The highest BCUT2D eigenvalue weighted by Crippen LogP contribution is 2.41. The molecule has 6 heteroatoms. The summed E-state index contributed by atoms with van der Waals surface area (Å²) in [5.41, 5.74) is 0.324. The zero-order valence-corrected chi connectivity index (χ0v) is 15.2. The number of rotatable bonds is 8. The zero-order valence-electron chi connectivity index (χ0n) is 13.6. The summed E-state index contributed by atoms with van der Waals surface area (Å²) in [6.45, 7) is 6.94. The topological polar surface area (TPSA) is 61.4 Å². The fraction of sp³-hybridized carbons (Fsp3) is 0.688. The predicted octanol–water partition coefficient (Wildman–Crippen LogP) is 3.77. The van der Waals surface area contributed by atoms with Crippen LogP contribution in [0.25, 0.3) is 0 Å². The minimum atomic E-state index is -0.613. The van der Waals surface area contributed by atoms with Crippen molar-refractivity contribution >= 4 is 34.7 Å². The van der Waals surface area contributed by atoms with Crippen molar-refractivity contribution in [1.29, 1.82) is 0 Å². The van der Waals surface area contributed by atoms with E-state index in [9.17, 15) is 9.90 Å². The van der Waals surface area contributed by atoms with Crippen LogP contribution >= 0.6 is 23.1 Å². The van der Waals surface area contributed by atoms with Crippen molar-refractivity contribution in [3.8, 4) is 0 Å². The first-order chi connectivity index (χ1) is 10.5. The molecule has 4 nitrogen and oxygen atoms in total. The van der Waals surface area contributed by atoms with Crippen LogP contribution in [0.5, 0.6) is 0 Å². The number of carbonyl (C=O) groups is 1. The molecular weight excluding hydrogens is 316 g/mol. The van der Waals surface area contributed by atoms with Crippen LogP contribution < -0.4 is 10.6 Å². The SMILES string of the molecule is CCCC(O)(CCC)CNC(C)c1cc2c(s1)SCC(=O)N2. The van der Waals surface area contributed by atoms with E-state index in [0.29, 0.717) is 12.3 Å². The van der Waals surface area contributed by atoms with E-state index < -0.39 is 5.60 Å². The summed E-state index contributed by atoms with van der Waals surface area (Å²) in [6, 6.07) is 2.23. The number of thiophene rings is 1. The summed E-state index contributed by atoms with van der Waals surface area (Å²) < 4.78 is 1.18. The van der Waals surface area contributed by atoms with Crippen LogP contribution in [0.2, 0.25) is 0 Å². The van der Waals surface area contributed by atoms with Crippen molar-refractivity contribution in [3.63, 3.8) is 0 Å². The molecule has 0 fully saturated rings. The smallest absolute Gasteiger partial charge is 0.234 e. The van der Waals surface area contributed by atoms with Gasteiger partial charge in [-0.05, 0) is 25.8 Å². The highest BCUT2D eigenvalue weighted by molar-refractivity contribution is 8.02. The van der Waals surface area contributed by atoms with Crippen LogP contribution in [0.3, 0.4) is 0 Å². The van der Waals surface area contributed by atoms with E-state index in [1.54, 1.807) is 23.1 Å². The van der Waals surface area contributed by atoms with Gasteiger partial charge in [-0.25, -0.2) is 0 Å². The maximum Gasteiger partial charge on any atom is 0.234 e. The van der Waals surface area contributed by atoms with Gasteiger partial charge in [-0.2, -0.15) is 0 Å². The number of hydrogen-bond acceptors (Lipinski definition) is 5. The molecule has 1 aromatic rings. The maximum atomic E-state index is 11.4. The molecule has 124 valence electrons. The summed E-state index contributed by atoms with van der Waals surface area (Å²) >= 11 is 3.33. The van der Waals surface area contributed by atoms with E-state index in [2.05, 4.69) is 37.5 Å². The fourth-order valence-corrected chi connectivity index (χ4v) is 4.97. The van der Waals surface area contributed by atoms with E-state index >= 15 is 0 Å².